The van der Waals surface area contributed by atoms with Gasteiger partial charge in [-0.3, -0.25) is 4.90 Å². The molecule has 40 heavy (non-hydrogen) atoms. The van der Waals surface area contributed by atoms with Crippen LogP contribution in [0.25, 0.3) is 20.5 Å². The number of nitrogens with one attached hydrogen (secondary N) is 1. The quantitative estimate of drug-likeness (QED) is 0.173. The van der Waals surface area contributed by atoms with Crippen LogP contribution in [0, 0.1) is 0 Å². The molecule has 0 aliphatic carbocycles. The Labute approximate surface area is 247 Å². The maximum absolute atomic E-state index is 6.56. The molecule has 1 fully saturated rings. The lowest BCUT2D eigenvalue weighted by Gasteiger charge is -2.26. The van der Waals surface area contributed by atoms with Crippen molar-refractivity contribution in [2.45, 2.75) is 6.61 Å². The molecular formula is C33H31BrN2O3S. The minimum absolute atomic E-state index is 0.532. The number of benzene rings is 4. The third-order valence-electron chi connectivity index (χ3n) is 6.90. The number of nitrogens with zero attached hydrogens (tertiary/aromatic N) is 1. The zero-order chi connectivity index (χ0) is 27.1. The fourth-order valence-electron chi connectivity index (χ4n) is 4.73. The molecule has 1 aliphatic heterocycles. The van der Waals surface area contributed by atoms with Gasteiger partial charge in [-0.15, -0.1) is 11.3 Å². The smallest absolute Gasteiger partial charge is 0.153 e. The van der Waals surface area contributed by atoms with Crippen molar-refractivity contribution in [3.63, 3.8) is 0 Å². The summed E-state index contributed by atoms with van der Waals surface area (Å²) < 4.78 is 20.8. The number of halogens is 1. The van der Waals surface area contributed by atoms with E-state index in [1.165, 1.54) is 0 Å². The van der Waals surface area contributed by atoms with Crippen molar-refractivity contribution in [2.24, 2.45) is 0 Å². The highest BCUT2D eigenvalue weighted by Gasteiger charge is 2.18. The zero-order valence-electron chi connectivity index (χ0n) is 22.1. The van der Waals surface area contributed by atoms with Gasteiger partial charge < -0.3 is 19.5 Å². The second-order valence-electron chi connectivity index (χ2n) is 9.71. The van der Waals surface area contributed by atoms with Crippen LogP contribution in [0.15, 0.2) is 102 Å². The first-order valence-corrected chi connectivity index (χ1v) is 15.2. The van der Waals surface area contributed by atoms with Gasteiger partial charge in [0.25, 0.3) is 0 Å². The lowest BCUT2D eigenvalue weighted by atomic mass is 10.1. The van der Waals surface area contributed by atoms with Crippen LogP contribution in [-0.4, -0.2) is 44.2 Å². The Hall–Kier alpha value is -3.36. The molecule has 1 saturated heterocycles. The Morgan fingerprint density at radius 2 is 1.50 bits per heavy atom. The second-order valence-corrected chi connectivity index (χ2v) is 11.7. The highest BCUT2D eigenvalue weighted by Crippen LogP contribution is 2.47. The standard InChI is InChI=1S/C33H31BrN2O3S/c34-26-8-6-25(7-9-26)33-32(30-15-14-29(22-31(30)40-33)38-23-24-4-2-1-3-5-24)39-28-12-10-27(11-13-28)37-21-20-36-18-16-35-17-19-36/h1-15,22,35H,16-21,23H2. The Bertz CT molecular complexity index is 1530. The summed E-state index contributed by atoms with van der Waals surface area (Å²) in [5.74, 6) is 3.32. The van der Waals surface area contributed by atoms with Crippen molar-refractivity contribution < 1.29 is 14.2 Å². The van der Waals surface area contributed by atoms with Gasteiger partial charge >= 0.3 is 0 Å². The number of rotatable bonds is 10. The lowest BCUT2D eigenvalue weighted by Crippen LogP contribution is -2.44. The monoisotopic (exact) mass is 614 g/mol. The second kappa shape index (κ2) is 12.9. The summed E-state index contributed by atoms with van der Waals surface area (Å²) in [6, 6.07) is 32.7. The highest BCUT2D eigenvalue weighted by atomic mass is 79.9. The maximum atomic E-state index is 6.56. The summed E-state index contributed by atoms with van der Waals surface area (Å²) in [6.07, 6.45) is 0. The van der Waals surface area contributed by atoms with Crippen LogP contribution in [0.1, 0.15) is 5.56 Å². The Morgan fingerprint density at radius 3 is 2.27 bits per heavy atom. The predicted octanol–water partition coefficient (Wildman–Crippen LogP) is 7.99. The lowest BCUT2D eigenvalue weighted by molar-refractivity contribution is 0.191. The fraction of sp³-hybridized carbons (Fsp3) is 0.212. The molecule has 6 rings (SSSR count). The van der Waals surface area contributed by atoms with Gasteiger partial charge in [-0.2, -0.15) is 0 Å². The van der Waals surface area contributed by atoms with Gasteiger partial charge in [0.2, 0.25) is 0 Å². The molecule has 0 radical (unpaired) electrons. The number of piperazine rings is 1. The molecule has 0 saturated carbocycles. The molecule has 2 heterocycles. The van der Waals surface area contributed by atoms with Crippen LogP contribution in [0.4, 0.5) is 0 Å². The van der Waals surface area contributed by atoms with E-state index in [2.05, 4.69) is 74.7 Å². The first kappa shape index (κ1) is 26.8. The molecule has 4 aromatic carbocycles. The number of ether oxygens (including phenoxy) is 3. The first-order valence-electron chi connectivity index (χ1n) is 13.5. The molecule has 1 aromatic heterocycles. The number of fused-ring (bicyclic) bond motifs is 1. The van der Waals surface area contributed by atoms with Crippen LogP contribution in [0.5, 0.6) is 23.0 Å². The maximum Gasteiger partial charge on any atom is 0.153 e. The van der Waals surface area contributed by atoms with Gasteiger partial charge in [-0.05, 0) is 65.7 Å². The van der Waals surface area contributed by atoms with E-state index in [0.717, 1.165) is 86.3 Å². The van der Waals surface area contributed by atoms with Crippen LogP contribution in [0.3, 0.4) is 0 Å². The van der Waals surface area contributed by atoms with E-state index in [9.17, 15) is 0 Å². The summed E-state index contributed by atoms with van der Waals surface area (Å²) in [6.45, 7) is 6.40. The molecule has 1 N–H and O–H groups in total. The predicted molar refractivity (Wildman–Crippen MR) is 167 cm³/mol. The van der Waals surface area contributed by atoms with Crippen molar-refractivity contribution >= 4 is 37.4 Å². The molecule has 204 valence electrons. The first-order chi connectivity index (χ1) is 19.7. The largest absolute Gasteiger partial charge is 0.492 e. The molecule has 0 bridgehead atoms. The van der Waals surface area contributed by atoms with Crippen molar-refractivity contribution in [1.82, 2.24) is 10.2 Å². The molecule has 0 amide bonds. The molecule has 5 aromatic rings. The zero-order valence-corrected chi connectivity index (χ0v) is 24.5. The molecular weight excluding hydrogens is 584 g/mol. The van der Waals surface area contributed by atoms with Crippen LogP contribution >= 0.6 is 27.3 Å². The minimum atomic E-state index is 0.532. The third-order valence-corrected chi connectivity index (χ3v) is 8.61. The van der Waals surface area contributed by atoms with E-state index in [4.69, 9.17) is 14.2 Å². The summed E-state index contributed by atoms with van der Waals surface area (Å²) in [5.41, 5.74) is 2.25. The Balaban J connectivity index is 1.20. The van der Waals surface area contributed by atoms with Crippen molar-refractivity contribution in [3.8, 4) is 33.4 Å². The van der Waals surface area contributed by atoms with Crippen molar-refractivity contribution in [1.29, 1.82) is 0 Å². The van der Waals surface area contributed by atoms with E-state index in [1.54, 1.807) is 11.3 Å². The molecule has 0 unspecified atom stereocenters. The average molecular weight is 616 g/mol. The fourth-order valence-corrected chi connectivity index (χ4v) is 6.15. The average Bonchev–Trinajstić information content (AvgIpc) is 3.35. The third kappa shape index (κ3) is 6.67. The number of thiophene rings is 1. The van der Waals surface area contributed by atoms with Gasteiger partial charge in [-0.25, -0.2) is 0 Å². The summed E-state index contributed by atoms with van der Waals surface area (Å²) >= 11 is 5.27. The number of hydrogen-bond donors (Lipinski definition) is 1. The van der Waals surface area contributed by atoms with Crippen molar-refractivity contribution in [2.75, 3.05) is 39.3 Å². The summed E-state index contributed by atoms with van der Waals surface area (Å²) in [4.78, 5) is 3.51. The van der Waals surface area contributed by atoms with E-state index < -0.39 is 0 Å². The molecule has 5 nitrogen and oxygen atoms in total. The van der Waals surface area contributed by atoms with E-state index >= 15 is 0 Å². The van der Waals surface area contributed by atoms with Crippen LogP contribution in [-0.2, 0) is 6.61 Å². The van der Waals surface area contributed by atoms with E-state index in [0.29, 0.717) is 13.2 Å². The van der Waals surface area contributed by atoms with Gasteiger partial charge in [0.05, 0.1) is 4.88 Å². The van der Waals surface area contributed by atoms with Crippen molar-refractivity contribution in [3.05, 3.63) is 107 Å². The normalized spacial score (nSPS) is 13.8. The van der Waals surface area contributed by atoms with E-state index in [-0.39, 0.29) is 0 Å². The molecule has 0 spiro atoms. The summed E-state index contributed by atoms with van der Waals surface area (Å²) in [5, 5.41) is 4.45. The topological polar surface area (TPSA) is 43.0 Å². The van der Waals surface area contributed by atoms with Crippen LogP contribution in [0.2, 0.25) is 0 Å². The van der Waals surface area contributed by atoms with Gasteiger partial charge in [0.1, 0.15) is 30.5 Å². The van der Waals surface area contributed by atoms with E-state index in [1.807, 2.05) is 48.5 Å². The summed E-state index contributed by atoms with van der Waals surface area (Å²) in [7, 11) is 0. The van der Waals surface area contributed by atoms with Gasteiger partial charge in [-0.1, -0.05) is 58.4 Å². The SMILES string of the molecule is Brc1ccc(-c2sc3cc(OCc4ccccc4)ccc3c2Oc2ccc(OCCN3CCNCC3)cc2)cc1. The molecule has 1 aliphatic rings. The molecule has 0 atom stereocenters. The van der Waals surface area contributed by atoms with Gasteiger partial charge in [0, 0.05) is 47.3 Å². The number of hydrogen-bond acceptors (Lipinski definition) is 6. The van der Waals surface area contributed by atoms with Crippen LogP contribution < -0.4 is 19.5 Å². The Morgan fingerprint density at radius 1 is 0.775 bits per heavy atom. The van der Waals surface area contributed by atoms with Gasteiger partial charge in [0.15, 0.2) is 5.75 Å². The molecule has 7 heteroatoms. The highest BCUT2D eigenvalue weighted by molar-refractivity contribution is 9.10. The Kier molecular flexibility index (Phi) is 8.64. The minimum Gasteiger partial charge on any atom is -0.492 e.